The van der Waals surface area contributed by atoms with Gasteiger partial charge in [-0.1, -0.05) is 35.1 Å². The number of benzene rings is 1. The molecule has 3 aromatic heterocycles. The van der Waals surface area contributed by atoms with E-state index in [9.17, 15) is 4.79 Å². The van der Waals surface area contributed by atoms with E-state index in [1.54, 1.807) is 13.1 Å². The molecule has 0 aliphatic carbocycles. The molecule has 0 bridgehead atoms. The monoisotopic (exact) mass is 370 g/mol. The summed E-state index contributed by atoms with van der Waals surface area (Å²) in [5, 5.41) is 19.3. The van der Waals surface area contributed by atoms with Crippen LogP contribution in [0.4, 0.5) is 0 Å². The van der Waals surface area contributed by atoms with Crippen LogP contribution in [0.1, 0.15) is 5.69 Å². The third-order valence-electron chi connectivity index (χ3n) is 3.61. The van der Waals surface area contributed by atoms with Gasteiger partial charge in [-0.25, -0.2) is 4.68 Å². The van der Waals surface area contributed by atoms with Crippen molar-refractivity contribution in [2.75, 3.05) is 5.75 Å². The van der Waals surface area contributed by atoms with Gasteiger partial charge in [0.15, 0.2) is 5.76 Å². The first kappa shape index (κ1) is 16.3. The molecule has 0 unspecified atom stereocenters. The number of tetrazole rings is 1. The average Bonchev–Trinajstić information content (AvgIpc) is 3.37. The molecule has 132 valence electrons. The summed E-state index contributed by atoms with van der Waals surface area (Å²) in [7, 11) is 1.72. The van der Waals surface area contributed by atoms with E-state index in [1.165, 1.54) is 16.4 Å². The smallest absolute Gasteiger partial charge is 0.230 e. The van der Waals surface area contributed by atoms with E-state index >= 15 is 0 Å². The summed E-state index contributed by atoms with van der Waals surface area (Å²) in [6, 6.07) is 11.3. The fraction of sp³-hybridized carbons (Fsp3) is 0.188. The van der Waals surface area contributed by atoms with Gasteiger partial charge in [-0.2, -0.15) is 0 Å². The van der Waals surface area contributed by atoms with Crippen LogP contribution in [-0.4, -0.2) is 37.0 Å². The second-order valence-corrected chi connectivity index (χ2v) is 6.42. The van der Waals surface area contributed by atoms with Crippen molar-refractivity contribution in [1.82, 2.24) is 30.7 Å². The molecule has 0 aliphatic rings. The molecule has 4 rings (SSSR count). The van der Waals surface area contributed by atoms with Crippen molar-refractivity contribution in [3.63, 3.8) is 0 Å². The lowest BCUT2D eigenvalue weighted by Gasteiger charge is -2.01. The first-order valence-electron chi connectivity index (χ1n) is 7.75. The summed E-state index contributed by atoms with van der Waals surface area (Å²) in [6.07, 6.45) is 0. The highest BCUT2D eigenvalue weighted by molar-refractivity contribution is 7.99. The van der Waals surface area contributed by atoms with Gasteiger partial charge in [0.05, 0.1) is 12.3 Å². The topological polar surface area (TPSA) is 112 Å². The molecular formula is C16H14N6O3S. The van der Waals surface area contributed by atoms with Gasteiger partial charge in [-0.3, -0.25) is 4.79 Å². The maximum atomic E-state index is 11.9. The number of para-hydroxylation sites is 1. The van der Waals surface area contributed by atoms with Gasteiger partial charge in [0.25, 0.3) is 0 Å². The van der Waals surface area contributed by atoms with E-state index in [4.69, 9.17) is 8.94 Å². The molecule has 1 amide bonds. The summed E-state index contributed by atoms with van der Waals surface area (Å²) >= 11 is 1.26. The summed E-state index contributed by atoms with van der Waals surface area (Å²) in [5.41, 5.74) is 1.39. The minimum atomic E-state index is -0.147. The first-order valence-corrected chi connectivity index (χ1v) is 8.74. The van der Waals surface area contributed by atoms with Crippen LogP contribution in [-0.2, 0) is 18.4 Å². The fourth-order valence-electron chi connectivity index (χ4n) is 2.33. The Labute approximate surface area is 151 Å². The highest BCUT2D eigenvalue weighted by atomic mass is 32.2. The highest BCUT2D eigenvalue weighted by Gasteiger charge is 2.13. The van der Waals surface area contributed by atoms with Gasteiger partial charge in [0.1, 0.15) is 11.3 Å². The van der Waals surface area contributed by atoms with Crippen molar-refractivity contribution in [1.29, 1.82) is 0 Å². The van der Waals surface area contributed by atoms with Gasteiger partial charge < -0.3 is 14.3 Å². The van der Waals surface area contributed by atoms with E-state index in [-0.39, 0.29) is 18.2 Å². The molecule has 0 aliphatic heterocycles. The molecule has 10 heteroatoms. The summed E-state index contributed by atoms with van der Waals surface area (Å²) in [4.78, 5) is 11.9. The number of aromatic nitrogens is 5. The van der Waals surface area contributed by atoms with Crippen LogP contribution in [0.5, 0.6) is 0 Å². The quantitative estimate of drug-likeness (QED) is 0.513. The number of furan rings is 1. The van der Waals surface area contributed by atoms with Crippen LogP contribution >= 0.6 is 11.8 Å². The lowest BCUT2D eigenvalue weighted by Crippen LogP contribution is -2.24. The molecule has 0 saturated carbocycles. The molecule has 26 heavy (non-hydrogen) atoms. The molecule has 9 nitrogen and oxygen atoms in total. The Balaban J connectivity index is 1.34. The summed E-state index contributed by atoms with van der Waals surface area (Å²) in [5.74, 6) is 1.18. The molecule has 0 fully saturated rings. The molecule has 0 saturated heterocycles. The van der Waals surface area contributed by atoms with Crippen molar-refractivity contribution in [2.45, 2.75) is 11.7 Å². The molecular weight excluding hydrogens is 356 g/mol. The molecule has 4 aromatic rings. The van der Waals surface area contributed by atoms with Gasteiger partial charge in [-0.15, -0.1) is 5.10 Å². The predicted octanol–water partition coefficient (Wildman–Crippen LogP) is 2.02. The Morgan fingerprint density at radius 1 is 1.27 bits per heavy atom. The van der Waals surface area contributed by atoms with Gasteiger partial charge >= 0.3 is 0 Å². The normalized spacial score (nSPS) is 11.1. The van der Waals surface area contributed by atoms with Crippen molar-refractivity contribution in [2.24, 2.45) is 7.05 Å². The maximum absolute atomic E-state index is 11.9. The molecule has 0 atom stereocenters. The first-order chi connectivity index (χ1) is 12.7. The molecule has 3 heterocycles. The van der Waals surface area contributed by atoms with Crippen molar-refractivity contribution >= 4 is 28.6 Å². The number of amides is 1. The van der Waals surface area contributed by atoms with Crippen LogP contribution in [0.2, 0.25) is 0 Å². The standard InChI is InChI=1S/C16H14N6O3S/c1-22-16(18-20-21-22)26-9-15(23)17-8-11-7-14(25-19-11)13-6-10-4-2-3-5-12(10)24-13/h2-7H,8-9H2,1H3,(H,17,23). The number of carbonyl (C=O) groups is 1. The van der Waals surface area contributed by atoms with Crippen LogP contribution in [0.15, 0.2) is 50.5 Å². The van der Waals surface area contributed by atoms with Crippen LogP contribution in [0.3, 0.4) is 0 Å². The second-order valence-electron chi connectivity index (χ2n) is 5.48. The number of hydrogen-bond acceptors (Lipinski definition) is 8. The zero-order valence-electron chi connectivity index (χ0n) is 13.7. The third kappa shape index (κ3) is 3.45. The fourth-order valence-corrected chi connectivity index (χ4v) is 3.01. The van der Waals surface area contributed by atoms with Crippen LogP contribution in [0, 0.1) is 0 Å². The Morgan fingerprint density at radius 2 is 2.15 bits per heavy atom. The average molecular weight is 370 g/mol. The zero-order valence-corrected chi connectivity index (χ0v) is 14.6. The van der Waals surface area contributed by atoms with Crippen molar-refractivity contribution in [3.05, 3.63) is 42.1 Å². The number of fused-ring (bicyclic) bond motifs is 1. The minimum absolute atomic E-state index is 0.147. The number of aryl methyl sites for hydroxylation is 1. The Hall–Kier alpha value is -3.14. The zero-order chi connectivity index (χ0) is 17.9. The largest absolute Gasteiger partial charge is 0.453 e. The van der Waals surface area contributed by atoms with E-state index in [0.717, 1.165) is 11.0 Å². The number of nitrogens with zero attached hydrogens (tertiary/aromatic N) is 5. The van der Waals surface area contributed by atoms with Crippen molar-refractivity contribution < 1.29 is 13.7 Å². The molecule has 1 aromatic carbocycles. The number of rotatable bonds is 6. The number of carbonyl (C=O) groups excluding carboxylic acids is 1. The van der Waals surface area contributed by atoms with Gasteiger partial charge in [-0.05, 0) is 22.6 Å². The van der Waals surface area contributed by atoms with Crippen molar-refractivity contribution in [3.8, 4) is 11.5 Å². The molecule has 0 spiro atoms. The predicted molar refractivity (Wildman–Crippen MR) is 93.1 cm³/mol. The number of nitrogens with one attached hydrogen (secondary N) is 1. The number of thioether (sulfide) groups is 1. The maximum Gasteiger partial charge on any atom is 0.230 e. The van der Waals surface area contributed by atoms with Gasteiger partial charge in [0, 0.05) is 18.5 Å². The summed E-state index contributed by atoms with van der Waals surface area (Å²) < 4.78 is 12.6. The SMILES string of the molecule is Cn1nnnc1SCC(=O)NCc1cc(-c2cc3ccccc3o2)on1. The Kier molecular flexibility index (Phi) is 4.40. The van der Waals surface area contributed by atoms with E-state index in [1.807, 2.05) is 30.3 Å². The van der Waals surface area contributed by atoms with E-state index in [2.05, 4.69) is 26.0 Å². The minimum Gasteiger partial charge on any atom is -0.453 e. The molecule has 1 N–H and O–H groups in total. The molecule has 0 radical (unpaired) electrons. The second kappa shape index (κ2) is 7.00. The van der Waals surface area contributed by atoms with Crippen LogP contribution < -0.4 is 5.32 Å². The summed E-state index contributed by atoms with van der Waals surface area (Å²) in [6.45, 7) is 0.264. The Bertz CT molecular complexity index is 1020. The van der Waals surface area contributed by atoms with E-state index in [0.29, 0.717) is 22.4 Å². The van der Waals surface area contributed by atoms with E-state index < -0.39 is 0 Å². The highest BCUT2D eigenvalue weighted by Crippen LogP contribution is 2.28. The van der Waals surface area contributed by atoms with Crippen LogP contribution in [0.25, 0.3) is 22.5 Å². The number of hydrogen-bond donors (Lipinski definition) is 1. The third-order valence-corrected chi connectivity index (χ3v) is 4.62. The Morgan fingerprint density at radius 3 is 2.96 bits per heavy atom. The lowest BCUT2D eigenvalue weighted by molar-refractivity contribution is -0.118. The lowest BCUT2D eigenvalue weighted by atomic mass is 10.2. The van der Waals surface area contributed by atoms with Gasteiger partial charge in [0.2, 0.25) is 16.8 Å².